The lowest BCUT2D eigenvalue weighted by atomic mass is 9.99. The van der Waals surface area contributed by atoms with E-state index in [0.717, 1.165) is 36.8 Å². The molecule has 1 aliphatic rings. The van der Waals surface area contributed by atoms with Gasteiger partial charge < -0.3 is 4.90 Å². The summed E-state index contributed by atoms with van der Waals surface area (Å²) in [6.45, 7) is 3.40. The molecule has 1 aliphatic heterocycles. The predicted molar refractivity (Wildman–Crippen MR) is 78.7 cm³/mol. The fourth-order valence-corrected chi connectivity index (χ4v) is 2.98. The maximum absolute atomic E-state index is 11.4. The normalized spacial score (nSPS) is 15.3. The molecule has 0 spiro atoms. The third-order valence-electron chi connectivity index (χ3n) is 3.40. The summed E-state index contributed by atoms with van der Waals surface area (Å²) < 4.78 is 1.16. The van der Waals surface area contributed by atoms with Crippen molar-refractivity contribution < 1.29 is 4.79 Å². The van der Waals surface area contributed by atoms with Crippen molar-refractivity contribution in [3.8, 4) is 0 Å². The molecule has 1 heterocycles. The SMILES string of the molecule is CC(=O)N1CCc2ccc(CCI)cc2CC1. The minimum absolute atomic E-state index is 0.199. The van der Waals surface area contributed by atoms with Crippen LogP contribution in [0.3, 0.4) is 0 Å². The second kappa shape index (κ2) is 5.85. The Bertz CT molecular complexity index is 417. The maximum Gasteiger partial charge on any atom is 0.219 e. The highest BCUT2D eigenvalue weighted by molar-refractivity contribution is 14.1. The van der Waals surface area contributed by atoms with E-state index >= 15 is 0 Å². The van der Waals surface area contributed by atoms with E-state index in [1.807, 2.05) is 4.90 Å². The summed E-state index contributed by atoms with van der Waals surface area (Å²) in [4.78, 5) is 13.4. The number of halogens is 1. The van der Waals surface area contributed by atoms with Gasteiger partial charge in [-0.05, 0) is 36.0 Å². The van der Waals surface area contributed by atoms with Crippen molar-refractivity contribution in [1.82, 2.24) is 4.90 Å². The van der Waals surface area contributed by atoms with Crippen LogP contribution in [0.4, 0.5) is 0 Å². The number of nitrogens with zero attached hydrogens (tertiary/aromatic N) is 1. The molecule has 2 nitrogen and oxygen atoms in total. The van der Waals surface area contributed by atoms with E-state index in [0.29, 0.717) is 0 Å². The molecule has 0 unspecified atom stereocenters. The molecule has 3 heteroatoms. The number of alkyl halides is 1. The summed E-state index contributed by atoms with van der Waals surface area (Å²) in [5.74, 6) is 0.199. The smallest absolute Gasteiger partial charge is 0.219 e. The molecular weight excluding hydrogens is 325 g/mol. The van der Waals surface area contributed by atoms with Gasteiger partial charge in [0.1, 0.15) is 0 Å². The van der Waals surface area contributed by atoms with Crippen LogP contribution in [0.15, 0.2) is 18.2 Å². The van der Waals surface area contributed by atoms with Crippen LogP contribution in [0.25, 0.3) is 0 Å². The van der Waals surface area contributed by atoms with Crippen molar-refractivity contribution in [2.24, 2.45) is 0 Å². The van der Waals surface area contributed by atoms with Gasteiger partial charge in [-0.15, -0.1) is 0 Å². The van der Waals surface area contributed by atoms with Gasteiger partial charge in [-0.3, -0.25) is 4.79 Å². The molecule has 0 saturated heterocycles. The van der Waals surface area contributed by atoms with Gasteiger partial charge in [0, 0.05) is 24.4 Å². The highest BCUT2D eigenvalue weighted by atomic mass is 127. The van der Waals surface area contributed by atoms with Crippen molar-refractivity contribution in [1.29, 1.82) is 0 Å². The van der Waals surface area contributed by atoms with E-state index in [1.165, 1.54) is 16.7 Å². The van der Waals surface area contributed by atoms with E-state index < -0.39 is 0 Å². The number of rotatable bonds is 2. The lowest BCUT2D eigenvalue weighted by Gasteiger charge is -2.17. The fourth-order valence-electron chi connectivity index (χ4n) is 2.36. The summed E-state index contributed by atoms with van der Waals surface area (Å²) in [6, 6.07) is 6.82. The number of fused-ring (bicyclic) bond motifs is 1. The second-order valence-electron chi connectivity index (χ2n) is 4.55. The number of carbonyl (C=O) groups is 1. The monoisotopic (exact) mass is 343 g/mol. The van der Waals surface area contributed by atoms with E-state index in [4.69, 9.17) is 0 Å². The molecular formula is C14H18INO. The molecule has 1 aromatic carbocycles. The molecule has 1 amide bonds. The standard InChI is InChI=1S/C14H18INO/c1-11(17)16-8-5-13-3-2-12(4-7-15)10-14(13)6-9-16/h2-3,10H,4-9H2,1H3. The zero-order chi connectivity index (χ0) is 12.3. The lowest BCUT2D eigenvalue weighted by molar-refractivity contribution is -0.128. The minimum Gasteiger partial charge on any atom is -0.342 e. The molecule has 0 aliphatic carbocycles. The Morgan fingerprint density at radius 1 is 1.29 bits per heavy atom. The van der Waals surface area contributed by atoms with Crippen molar-refractivity contribution in [3.63, 3.8) is 0 Å². The average Bonchev–Trinajstić information content (AvgIpc) is 2.51. The Kier molecular flexibility index (Phi) is 4.42. The highest BCUT2D eigenvalue weighted by Crippen LogP contribution is 2.18. The van der Waals surface area contributed by atoms with Gasteiger partial charge in [0.25, 0.3) is 0 Å². The van der Waals surface area contributed by atoms with Crippen molar-refractivity contribution in [3.05, 3.63) is 34.9 Å². The molecule has 0 aromatic heterocycles. The van der Waals surface area contributed by atoms with Gasteiger partial charge in [-0.25, -0.2) is 0 Å². The average molecular weight is 343 g/mol. The first-order valence-electron chi connectivity index (χ1n) is 6.13. The third-order valence-corrected chi connectivity index (χ3v) is 3.94. The van der Waals surface area contributed by atoms with E-state index in [-0.39, 0.29) is 5.91 Å². The zero-order valence-electron chi connectivity index (χ0n) is 10.2. The fraction of sp³-hybridized carbons (Fsp3) is 0.500. The summed E-state index contributed by atoms with van der Waals surface area (Å²) in [5.41, 5.74) is 4.29. The van der Waals surface area contributed by atoms with Crippen LogP contribution >= 0.6 is 22.6 Å². The van der Waals surface area contributed by atoms with Crippen LogP contribution < -0.4 is 0 Å². The molecule has 92 valence electrons. The first kappa shape index (κ1) is 12.9. The van der Waals surface area contributed by atoms with Crippen molar-refractivity contribution in [2.75, 3.05) is 17.5 Å². The van der Waals surface area contributed by atoms with Gasteiger partial charge in [0.05, 0.1) is 0 Å². The van der Waals surface area contributed by atoms with E-state index in [1.54, 1.807) is 6.92 Å². The van der Waals surface area contributed by atoms with Gasteiger partial charge in [-0.2, -0.15) is 0 Å². The van der Waals surface area contributed by atoms with Gasteiger partial charge in [-0.1, -0.05) is 40.8 Å². The molecule has 0 atom stereocenters. The highest BCUT2D eigenvalue weighted by Gasteiger charge is 2.15. The van der Waals surface area contributed by atoms with Crippen molar-refractivity contribution >= 4 is 28.5 Å². The van der Waals surface area contributed by atoms with Crippen LogP contribution in [-0.4, -0.2) is 28.3 Å². The minimum atomic E-state index is 0.199. The largest absolute Gasteiger partial charge is 0.342 e. The first-order chi connectivity index (χ1) is 8.20. The Hall–Kier alpha value is -0.580. The maximum atomic E-state index is 11.4. The zero-order valence-corrected chi connectivity index (χ0v) is 12.4. The first-order valence-corrected chi connectivity index (χ1v) is 7.65. The summed E-state index contributed by atoms with van der Waals surface area (Å²) in [5, 5.41) is 0. The van der Waals surface area contributed by atoms with E-state index in [2.05, 4.69) is 40.8 Å². The molecule has 0 radical (unpaired) electrons. The molecule has 1 aromatic rings. The molecule has 0 N–H and O–H groups in total. The van der Waals surface area contributed by atoms with Crippen LogP contribution in [0.5, 0.6) is 0 Å². The van der Waals surface area contributed by atoms with Gasteiger partial charge in [0.2, 0.25) is 5.91 Å². The Balaban J connectivity index is 2.16. The number of carbonyl (C=O) groups excluding carboxylic acids is 1. The number of benzene rings is 1. The van der Waals surface area contributed by atoms with Gasteiger partial charge in [0.15, 0.2) is 0 Å². The van der Waals surface area contributed by atoms with Crippen molar-refractivity contribution in [2.45, 2.75) is 26.2 Å². The summed E-state index contributed by atoms with van der Waals surface area (Å²) >= 11 is 2.41. The third kappa shape index (κ3) is 3.21. The van der Waals surface area contributed by atoms with Gasteiger partial charge >= 0.3 is 0 Å². The van der Waals surface area contributed by atoms with E-state index in [9.17, 15) is 4.79 Å². The number of aryl methyl sites for hydroxylation is 1. The van der Waals surface area contributed by atoms with Crippen LogP contribution in [0.1, 0.15) is 23.6 Å². The Morgan fingerprint density at radius 3 is 2.65 bits per heavy atom. The quantitative estimate of drug-likeness (QED) is 0.597. The van der Waals surface area contributed by atoms with Crippen LogP contribution in [0, 0.1) is 0 Å². The van der Waals surface area contributed by atoms with Crippen LogP contribution in [-0.2, 0) is 24.1 Å². The predicted octanol–water partition coefficient (Wildman–Crippen LogP) is 2.61. The molecule has 0 fully saturated rings. The Labute approximate surface area is 117 Å². The number of hydrogen-bond acceptors (Lipinski definition) is 1. The summed E-state index contributed by atoms with van der Waals surface area (Å²) in [7, 11) is 0. The lowest BCUT2D eigenvalue weighted by Crippen LogP contribution is -2.30. The Morgan fingerprint density at radius 2 is 2.00 bits per heavy atom. The molecule has 0 bridgehead atoms. The second-order valence-corrected chi connectivity index (χ2v) is 5.63. The molecule has 2 rings (SSSR count). The molecule has 0 saturated carbocycles. The number of amides is 1. The number of hydrogen-bond donors (Lipinski definition) is 0. The van der Waals surface area contributed by atoms with Crippen LogP contribution in [0.2, 0.25) is 0 Å². The summed E-state index contributed by atoms with van der Waals surface area (Å²) in [6.07, 6.45) is 3.15. The topological polar surface area (TPSA) is 20.3 Å². The molecule has 17 heavy (non-hydrogen) atoms.